The van der Waals surface area contributed by atoms with E-state index >= 15 is 0 Å². The van der Waals surface area contributed by atoms with Crippen LogP contribution in [0.3, 0.4) is 0 Å². The molecule has 0 aliphatic carbocycles. The molecule has 0 amide bonds. The Bertz CT molecular complexity index is 3210. The summed E-state index contributed by atoms with van der Waals surface area (Å²) in [5.74, 6) is 0. The molecule has 2 aromatic heterocycles. The third-order valence-corrected chi connectivity index (χ3v) is 13.9. The van der Waals surface area contributed by atoms with Crippen molar-refractivity contribution in [3.05, 3.63) is 231 Å². The van der Waals surface area contributed by atoms with Crippen LogP contribution in [-0.2, 0) is 26.2 Å². The molecule has 12 aromatic rings. The molecule has 12 rings (SSSR count). The monoisotopic (exact) mass is 958 g/mol. The first-order valence-corrected chi connectivity index (χ1v) is 22.0. The normalized spacial score (nSPS) is 10.8. The van der Waals surface area contributed by atoms with E-state index in [2.05, 4.69) is 231 Å². The summed E-state index contributed by atoms with van der Waals surface area (Å²) in [7, 11) is 0. The fraction of sp³-hybridized carbons (Fsp3) is 0. The largest absolute Gasteiger partial charge is 4.00 e. The van der Waals surface area contributed by atoms with Gasteiger partial charge >= 0.3 is 26.2 Å². The van der Waals surface area contributed by atoms with Gasteiger partial charge in [0.15, 0.2) is 0 Å². The SMILES string of the molecule is [Cl-].[Cl-].[Zr+4].c1ccc(-c2ccc(-c3cc4c(-c5ccc6ccccc6c5)cccc4[cH-]3)s2)cc1.c1ccc(-c2ccc(-c3cc4c(-c5ccc6ccccc6c5)cccc4[cH-]3)s2)cc1. The molecule has 0 saturated heterocycles. The van der Waals surface area contributed by atoms with E-state index in [0.717, 1.165) is 0 Å². The molecule has 2 heterocycles. The van der Waals surface area contributed by atoms with Gasteiger partial charge < -0.3 is 24.8 Å². The van der Waals surface area contributed by atoms with Gasteiger partial charge in [-0.3, -0.25) is 0 Å². The van der Waals surface area contributed by atoms with Crippen LogP contribution in [0.5, 0.6) is 0 Å². The number of hydrogen-bond acceptors (Lipinski definition) is 2. The quantitative estimate of drug-likeness (QED) is 0.146. The van der Waals surface area contributed by atoms with E-state index in [9.17, 15) is 0 Å². The maximum atomic E-state index is 2.35. The number of benzene rings is 8. The van der Waals surface area contributed by atoms with Crippen LogP contribution in [0.25, 0.3) is 107 Å². The summed E-state index contributed by atoms with van der Waals surface area (Å²) >= 11 is 3.72. The van der Waals surface area contributed by atoms with Crippen molar-refractivity contribution in [2.45, 2.75) is 0 Å². The van der Waals surface area contributed by atoms with Gasteiger partial charge in [0, 0.05) is 9.75 Å². The summed E-state index contributed by atoms with van der Waals surface area (Å²) in [6.45, 7) is 0. The topological polar surface area (TPSA) is 0 Å². The first kappa shape index (κ1) is 44.0. The number of rotatable bonds is 6. The second kappa shape index (κ2) is 19.4. The maximum absolute atomic E-state index is 2.35. The van der Waals surface area contributed by atoms with Crippen molar-refractivity contribution < 1.29 is 51.0 Å². The maximum Gasteiger partial charge on any atom is 4.00 e. The molecule has 0 fully saturated rings. The molecule has 0 unspecified atom stereocenters. The van der Waals surface area contributed by atoms with Crippen molar-refractivity contribution in [1.82, 2.24) is 0 Å². The number of thiophene rings is 2. The minimum absolute atomic E-state index is 0. The van der Waals surface area contributed by atoms with E-state index in [4.69, 9.17) is 0 Å². The Balaban J connectivity index is 0.000000165. The van der Waals surface area contributed by atoms with Gasteiger partial charge in [0.2, 0.25) is 0 Å². The second-order valence-corrected chi connectivity index (χ2v) is 17.5. The molecule has 5 heteroatoms. The minimum atomic E-state index is 0. The average molecular weight is 961 g/mol. The van der Waals surface area contributed by atoms with Crippen molar-refractivity contribution >= 4 is 65.8 Å². The van der Waals surface area contributed by atoms with Crippen molar-refractivity contribution in [1.29, 1.82) is 0 Å². The fourth-order valence-corrected chi connectivity index (χ4v) is 10.5. The van der Waals surface area contributed by atoms with Crippen LogP contribution in [0.2, 0.25) is 0 Å². The summed E-state index contributed by atoms with van der Waals surface area (Å²) in [6, 6.07) is 83.4. The van der Waals surface area contributed by atoms with Crippen LogP contribution < -0.4 is 24.8 Å². The predicted molar refractivity (Wildman–Crippen MR) is 262 cm³/mol. The summed E-state index contributed by atoms with van der Waals surface area (Å²) in [5.41, 5.74) is 10.3. The zero-order valence-corrected chi connectivity index (χ0v) is 39.6. The van der Waals surface area contributed by atoms with Crippen molar-refractivity contribution in [3.63, 3.8) is 0 Å². The molecule has 10 aromatic carbocycles. The average Bonchev–Trinajstić information content (AvgIpc) is 4.16. The molecule has 0 spiro atoms. The first-order chi connectivity index (χ1) is 29.7. The van der Waals surface area contributed by atoms with Crippen LogP contribution in [0, 0.1) is 0 Å². The molecule has 0 atom stereocenters. The van der Waals surface area contributed by atoms with Crippen LogP contribution in [-0.4, -0.2) is 0 Å². The van der Waals surface area contributed by atoms with E-state index < -0.39 is 0 Å². The summed E-state index contributed by atoms with van der Waals surface area (Å²) in [6.07, 6.45) is 0. The molecule has 0 saturated carbocycles. The van der Waals surface area contributed by atoms with Gasteiger partial charge in [-0.25, -0.2) is 0 Å². The molecule has 300 valence electrons. The molecule has 63 heavy (non-hydrogen) atoms. The summed E-state index contributed by atoms with van der Waals surface area (Å²) in [5, 5.41) is 10.4. The van der Waals surface area contributed by atoms with E-state index in [0.29, 0.717) is 0 Å². The van der Waals surface area contributed by atoms with Gasteiger partial charge in [-0.2, -0.15) is 22.7 Å². The first-order valence-electron chi connectivity index (χ1n) is 20.4. The zero-order chi connectivity index (χ0) is 39.8. The zero-order valence-electron chi connectivity index (χ0n) is 34.0. The van der Waals surface area contributed by atoms with Crippen molar-refractivity contribution in [3.8, 4) is 64.0 Å². The molecule has 0 N–H and O–H groups in total. The fourth-order valence-electron chi connectivity index (χ4n) is 8.47. The molecule has 0 bridgehead atoms. The van der Waals surface area contributed by atoms with E-state index in [1.807, 2.05) is 22.7 Å². The van der Waals surface area contributed by atoms with Crippen LogP contribution in [0.15, 0.2) is 231 Å². The molecule has 0 nitrogen and oxygen atoms in total. The van der Waals surface area contributed by atoms with Crippen LogP contribution >= 0.6 is 22.7 Å². The van der Waals surface area contributed by atoms with E-state index in [-0.39, 0.29) is 51.0 Å². The molecular weight excluding hydrogens is 923 g/mol. The van der Waals surface area contributed by atoms with Crippen LogP contribution in [0.4, 0.5) is 0 Å². The number of fused-ring (bicyclic) bond motifs is 4. The predicted octanol–water partition coefficient (Wildman–Crippen LogP) is 11.6. The Morgan fingerprint density at radius 1 is 0.286 bits per heavy atom. The van der Waals surface area contributed by atoms with Gasteiger partial charge in [0.1, 0.15) is 0 Å². The molecule has 0 radical (unpaired) electrons. The Morgan fingerprint density at radius 3 is 1.10 bits per heavy atom. The smallest absolute Gasteiger partial charge is 1.00 e. The van der Waals surface area contributed by atoms with Gasteiger partial charge in [0.05, 0.1) is 0 Å². The van der Waals surface area contributed by atoms with Crippen LogP contribution in [0.1, 0.15) is 0 Å². The summed E-state index contributed by atoms with van der Waals surface area (Å²) in [4.78, 5) is 5.25. The van der Waals surface area contributed by atoms with E-state index in [1.54, 1.807) is 0 Å². The standard InChI is InChI=1S/2C29H19S.2ClH.Zr/c2*1-2-8-21(9-3-1)28-15-16-29(30-28)25-18-23-11-6-12-26(27(23)19-25)24-14-13-20-7-4-5-10-22(20)17-24;;;/h2*1-19H;2*1H;/q2*-1;;;+4/p-2. The Labute approximate surface area is 407 Å². The second-order valence-electron chi connectivity index (χ2n) is 15.3. The van der Waals surface area contributed by atoms with E-state index in [1.165, 1.54) is 107 Å². The third-order valence-electron chi connectivity index (χ3n) is 11.5. The van der Waals surface area contributed by atoms with Gasteiger partial charge in [0.25, 0.3) is 0 Å². The van der Waals surface area contributed by atoms with Gasteiger partial charge in [-0.15, -0.1) is 69.1 Å². The van der Waals surface area contributed by atoms with Crippen molar-refractivity contribution in [2.75, 3.05) is 0 Å². The Hall–Kier alpha value is -5.64. The third kappa shape index (κ3) is 8.96. The summed E-state index contributed by atoms with van der Waals surface area (Å²) < 4.78 is 0. The number of hydrogen-bond donors (Lipinski definition) is 0. The Morgan fingerprint density at radius 2 is 0.667 bits per heavy atom. The minimum Gasteiger partial charge on any atom is -1.00 e. The Kier molecular flexibility index (Phi) is 13.5. The van der Waals surface area contributed by atoms with Crippen molar-refractivity contribution in [2.24, 2.45) is 0 Å². The number of halogens is 2. The van der Waals surface area contributed by atoms with Gasteiger partial charge in [-0.1, -0.05) is 193 Å². The molecular formula is C58H38Cl2S2Zr. The molecule has 0 aliphatic heterocycles. The van der Waals surface area contributed by atoms with Gasteiger partial charge in [-0.05, 0) is 65.7 Å². The molecule has 0 aliphatic rings.